The standard InChI is InChI=1S/C18H16FN3O4/c1-2-22-16-4-3-11(7-15(16)20-21-22)18(23)25-9-13-6-14(19)5-12-8-24-10-26-17(12)13/h3-7H,2,8-10H2,1H3. The number of aryl methyl sites for hydroxylation is 1. The molecule has 0 amide bonds. The molecule has 0 N–H and O–H groups in total. The molecule has 1 aliphatic heterocycles. The Balaban J connectivity index is 1.53. The Labute approximate surface area is 148 Å². The van der Waals surface area contributed by atoms with Crippen molar-refractivity contribution < 1.29 is 23.4 Å². The molecule has 2 aromatic carbocycles. The summed E-state index contributed by atoms with van der Waals surface area (Å²) in [5, 5.41) is 8.05. The number of hydrogen-bond acceptors (Lipinski definition) is 6. The van der Waals surface area contributed by atoms with Gasteiger partial charge in [-0.05, 0) is 37.3 Å². The van der Waals surface area contributed by atoms with Gasteiger partial charge in [-0.15, -0.1) is 5.10 Å². The summed E-state index contributed by atoms with van der Waals surface area (Å²) in [4.78, 5) is 12.4. The second-order valence-corrected chi connectivity index (χ2v) is 5.85. The van der Waals surface area contributed by atoms with Crippen LogP contribution in [0.15, 0.2) is 30.3 Å². The lowest BCUT2D eigenvalue weighted by Crippen LogP contribution is -2.15. The number of nitrogens with zero attached hydrogens (tertiary/aromatic N) is 3. The molecular weight excluding hydrogens is 341 g/mol. The van der Waals surface area contributed by atoms with Crippen LogP contribution in [0, 0.1) is 5.82 Å². The molecule has 26 heavy (non-hydrogen) atoms. The first kappa shape index (κ1) is 16.5. The minimum Gasteiger partial charge on any atom is -0.467 e. The molecule has 0 radical (unpaired) electrons. The molecule has 2 heterocycles. The molecule has 0 fully saturated rings. The maximum absolute atomic E-state index is 13.7. The minimum atomic E-state index is -0.525. The van der Waals surface area contributed by atoms with Gasteiger partial charge >= 0.3 is 5.97 Å². The Morgan fingerprint density at radius 1 is 1.35 bits per heavy atom. The molecule has 0 unspecified atom stereocenters. The van der Waals surface area contributed by atoms with Crippen molar-refractivity contribution in [1.82, 2.24) is 15.0 Å². The van der Waals surface area contributed by atoms with Gasteiger partial charge in [-0.2, -0.15) is 0 Å². The first-order valence-corrected chi connectivity index (χ1v) is 8.18. The number of hydrogen-bond donors (Lipinski definition) is 0. The van der Waals surface area contributed by atoms with Crippen LogP contribution in [0.1, 0.15) is 28.4 Å². The van der Waals surface area contributed by atoms with Crippen molar-refractivity contribution in [1.29, 1.82) is 0 Å². The van der Waals surface area contributed by atoms with Crippen LogP contribution in [0.25, 0.3) is 11.0 Å². The van der Waals surface area contributed by atoms with Gasteiger partial charge in [0.05, 0.1) is 17.7 Å². The Bertz CT molecular complexity index is 986. The fourth-order valence-electron chi connectivity index (χ4n) is 2.92. The van der Waals surface area contributed by atoms with E-state index in [4.69, 9.17) is 14.2 Å². The SMILES string of the molecule is CCn1nnc2cc(C(=O)OCc3cc(F)cc4c3OCOC4)ccc21. The molecule has 0 spiro atoms. The van der Waals surface area contributed by atoms with Gasteiger partial charge in [-0.1, -0.05) is 5.21 Å². The predicted molar refractivity (Wildman–Crippen MR) is 89.0 cm³/mol. The average molecular weight is 357 g/mol. The summed E-state index contributed by atoms with van der Waals surface area (Å²) in [5.74, 6) is -0.448. The van der Waals surface area contributed by atoms with Gasteiger partial charge in [0.25, 0.3) is 0 Å². The van der Waals surface area contributed by atoms with Crippen molar-refractivity contribution in [3.63, 3.8) is 0 Å². The van der Waals surface area contributed by atoms with E-state index in [0.717, 1.165) is 5.52 Å². The number of esters is 1. The van der Waals surface area contributed by atoms with E-state index in [9.17, 15) is 9.18 Å². The molecule has 0 saturated carbocycles. The van der Waals surface area contributed by atoms with Crippen LogP contribution >= 0.6 is 0 Å². The molecule has 1 aliphatic rings. The summed E-state index contributed by atoms with van der Waals surface area (Å²) in [6, 6.07) is 7.71. The maximum Gasteiger partial charge on any atom is 0.338 e. The van der Waals surface area contributed by atoms with Crippen LogP contribution in [0.2, 0.25) is 0 Å². The molecule has 0 aliphatic carbocycles. The number of fused-ring (bicyclic) bond motifs is 2. The van der Waals surface area contributed by atoms with E-state index in [1.54, 1.807) is 22.9 Å². The molecule has 7 nitrogen and oxygen atoms in total. The maximum atomic E-state index is 13.7. The first-order valence-electron chi connectivity index (χ1n) is 8.18. The normalized spacial score (nSPS) is 13.3. The summed E-state index contributed by atoms with van der Waals surface area (Å²) in [6.45, 7) is 2.90. The number of halogens is 1. The van der Waals surface area contributed by atoms with E-state index in [-0.39, 0.29) is 20.0 Å². The molecule has 4 rings (SSSR count). The third kappa shape index (κ3) is 2.99. The van der Waals surface area contributed by atoms with Crippen LogP contribution in [0.5, 0.6) is 5.75 Å². The lowest BCUT2D eigenvalue weighted by Gasteiger charge is -2.20. The first-order chi connectivity index (χ1) is 12.7. The number of carbonyl (C=O) groups excluding carboxylic acids is 1. The topological polar surface area (TPSA) is 75.5 Å². The highest BCUT2D eigenvalue weighted by Crippen LogP contribution is 2.30. The molecule has 8 heteroatoms. The zero-order chi connectivity index (χ0) is 18.1. The largest absolute Gasteiger partial charge is 0.467 e. The molecular formula is C18H16FN3O4. The summed E-state index contributed by atoms with van der Waals surface area (Å²) in [5.41, 5.74) is 2.88. The quantitative estimate of drug-likeness (QED) is 0.669. The fraction of sp³-hybridized carbons (Fsp3) is 0.278. The highest BCUT2D eigenvalue weighted by molar-refractivity contribution is 5.93. The Kier molecular flexibility index (Phi) is 4.26. The molecule has 134 valence electrons. The van der Waals surface area contributed by atoms with Crippen molar-refractivity contribution in [3.05, 3.63) is 52.8 Å². The second kappa shape index (κ2) is 6.72. The number of carbonyl (C=O) groups is 1. The van der Waals surface area contributed by atoms with Gasteiger partial charge in [-0.3, -0.25) is 0 Å². The van der Waals surface area contributed by atoms with Crippen LogP contribution in [-0.2, 0) is 29.2 Å². The molecule has 3 aromatic rings. The molecule has 0 saturated heterocycles. The highest BCUT2D eigenvalue weighted by Gasteiger charge is 2.19. The average Bonchev–Trinajstić information content (AvgIpc) is 3.08. The van der Waals surface area contributed by atoms with E-state index < -0.39 is 11.8 Å². The zero-order valence-electron chi connectivity index (χ0n) is 14.1. The lowest BCUT2D eigenvalue weighted by atomic mass is 10.1. The van der Waals surface area contributed by atoms with Crippen molar-refractivity contribution in [2.24, 2.45) is 0 Å². The van der Waals surface area contributed by atoms with Gasteiger partial charge < -0.3 is 14.2 Å². The lowest BCUT2D eigenvalue weighted by molar-refractivity contribution is -0.0182. The molecule has 1 aromatic heterocycles. The summed E-state index contributed by atoms with van der Waals surface area (Å²) < 4.78 is 31.4. The number of aromatic nitrogens is 3. The number of ether oxygens (including phenoxy) is 3. The number of rotatable bonds is 4. The fourth-order valence-corrected chi connectivity index (χ4v) is 2.92. The van der Waals surface area contributed by atoms with Gasteiger partial charge in [0.2, 0.25) is 0 Å². The van der Waals surface area contributed by atoms with Gasteiger partial charge in [0, 0.05) is 17.7 Å². The summed E-state index contributed by atoms with van der Waals surface area (Å²) in [7, 11) is 0. The highest BCUT2D eigenvalue weighted by atomic mass is 19.1. The van der Waals surface area contributed by atoms with Crippen molar-refractivity contribution in [2.45, 2.75) is 26.7 Å². The Hall–Kier alpha value is -3.00. The van der Waals surface area contributed by atoms with E-state index in [1.165, 1.54) is 12.1 Å². The minimum absolute atomic E-state index is 0.0866. The number of benzene rings is 2. The van der Waals surface area contributed by atoms with E-state index in [1.807, 2.05) is 6.92 Å². The summed E-state index contributed by atoms with van der Waals surface area (Å²) >= 11 is 0. The van der Waals surface area contributed by atoms with Crippen molar-refractivity contribution in [2.75, 3.05) is 6.79 Å². The molecule has 0 bridgehead atoms. The van der Waals surface area contributed by atoms with Crippen molar-refractivity contribution >= 4 is 17.0 Å². The van der Waals surface area contributed by atoms with E-state index in [0.29, 0.717) is 34.5 Å². The van der Waals surface area contributed by atoms with E-state index >= 15 is 0 Å². The zero-order valence-corrected chi connectivity index (χ0v) is 14.1. The van der Waals surface area contributed by atoms with Crippen LogP contribution < -0.4 is 4.74 Å². The Morgan fingerprint density at radius 2 is 2.23 bits per heavy atom. The summed E-state index contributed by atoms with van der Waals surface area (Å²) in [6.07, 6.45) is 0. The van der Waals surface area contributed by atoms with Crippen LogP contribution in [0.3, 0.4) is 0 Å². The van der Waals surface area contributed by atoms with Crippen LogP contribution in [0.4, 0.5) is 4.39 Å². The second-order valence-electron chi connectivity index (χ2n) is 5.85. The monoisotopic (exact) mass is 357 g/mol. The third-order valence-electron chi connectivity index (χ3n) is 4.16. The van der Waals surface area contributed by atoms with Gasteiger partial charge in [0.15, 0.2) is 6.79 Å². The third-order valence-corrected chi connectivity index (χ3v) is 4.16. The predicted octanol–water partition coefficient (Wildman–Crippen LogP) is 2.81. The van der Waals surface area contributed by atoms with Crippen molar-refractivity contribution in [3.8, 4) is 5.75 Å². The molecule has 0 atom stereocenters. The Morgan fingerprint density at radius 3 is 3.08 bits per heavy atom. The van der Waals surface area contributed by atoms with Crippen LogP contribution in [-0.4, -0.2) is 27.8 Å². The van der Waals surface area contributed by atoms with Gasteiger partial charge in [-0.25, -0.2) is 13.9 Å². The smallest absolute Gasteiger partial charge is 0.338 e. The van der Waals surface area contributed by atoms with Gasteiger partial charge in [0.1, 0.15) is 23.7 Å². The van der Waals surface area contributed by atoms with E-state index in [2.05, 4.69) is 10.3 Å².